The molecule has 0 saturated carbocycles. The van der Waals surface area contributed by atoms with Crippen molar-refractivity contribution >= 4 is 5.91 Å². The van der Waals surface area contributed by atoms with Crippen molar-refractivity contribution < 1.29 is 39.8 Å². The normalized spacial score (nSPS) is 19.6. The third kappa shape index (κ3) is 42.5. The van der Waals surface area contributed by atoms with E-state index in [0.29, 0.717) is 6.42 Å². The van der Waals surface area contributed by atoms with E-state index in [0.717, 1.165) is 57.8 Å². The molecule has 74 heavy (non-hydrogen) atoms. The predicted octanol–water partition coefficient (Wildman–Crippen LogP) is 15.8. The molecule has 7 atom stereocenters. The summed E-state index contributed by atoms with van der Waals surface area (Å²) in [6.07, 6.45) is 69.7. The zero-order chi connectivity index (χ0) is 53.6. The second-order valence-electron chi connectivity index (χ2n) is 21.1. The Kier molecular flexibility index (Phi) is 50.4. The van der Waals surface area contributed by atoms with Crippen LogP contribution in [0.2, 0.25) is 0 Å². The summed E-state index contributed by atoms with van der Waals surface area (Å²) in [5, 5.41) is 54.5. The number of nitrogens with one attached hydrogen (secondary N) is 1. The van der Waals surface area contributed by atoms with E-state index in [9.17, 15) is 30.3 Å². The first-order valence-corrected chi connectivity index (χ1v) is 30.8. The van der Waals surface area contributed by atoms with E-state index in [2.05, 4.69) is 79.9 Å². The number of unbranched alkanes of at least 4 members (excludes halogenated alkanes) is 30. The van der Waals surface area contributed by atoms with Crippen LogP contribution >= 0.6 is 0 Å². The molecular weight excluding hydrogens is 923 g/mol. The van der Waals surface area contributed by atoms with E-state index in [1.54, 1.807) is 6.08 Å². The highest BCUT2D eigenvalue weighted by Crippen LogP contribution is 2.23. The Morgan fingerprint density at radius 1 is 0.473 bits per heavy atom. The molecule has 0 radical (unpaired) electrons. The van der Waals surface area contributed by atoms with E-state index in [1.807, 2.05) is 18.2 Å². The Labute approximate surface area is 454 Å². The van der Waals surface area contributed by atoms with Crippen LogP contribution in [0, 0.1) is 0 Å². The van der Waals surface area contributed by atoms with Gasteiger partial charge in [0.05, 0.1) is 25.4 Å². The van der Waals surface area contributed by atoms with Crippen LogP contribution in [0.4, 0.5) is 0 Å². The minimum Gasteiger partial charge on any atom is -0.394 e. The molecule has 0 aliphatic carbocycles. The number of aliphatic hydroxyl groups excluding tert-OH is 5. The number of hydrogen-bond acceptors (Lipinski definition) is 8. The molecule has 428 valence electrons. The predicted molar refractivity (Wildman–Crippen MR) is 313 cm³/mol. The Morgan fingerprint density at radius 2 is 0.838 bits per heavy atom. The van der Waals surface area contributed by atoms with Gasteiger partial charge in [-0.25, -0.2) is 0 Å². The summed E-state index contributed by atoms with van der Waals surface area (Å²) in [7, 11) is 0. The van der Waals surface area contributed by atoms with Crippen molar-refractivity contribution in [1.29, 1.82) is 0 Å². The van der Waals surface area contributed by atoms with Gasteiger partial charge >= 0.3 is 0 Å². The van der Waals surface area contributed by atoms with E-state index in [4.69, 9.17) is 9.47 Å². The number of amides is 1. The highest BCUT2D eigenvalue weighted by atomic mass is 16.7. The summed E-state index contributed by atoms with van der Waals surface area (Å²) in [5.41, 5.74) is 0. The molecule has 0 aromatic heterocycles. The maximum Gasteiger partial charge on any atom is 0.220 e. The van der Waals surface area contributed by atoms with Gasteiger partial charge < -0.3 is 40.3 Å². The number of allylic oxidation sites excluding steroid dienone is 13. The standard InChI is InChI=1S/C65H115NO8/c1-3-5-7-9-11-13-15-17-19-21-23-24-25-26-27-28-29-30-31-32-33-34-35-37-38-40-42-44-46-48-50-52-54-59(68)58(57-73-65-64(72)63(71)62(70)60(56-67)74-65)66-61(69)55-53-51-49-47-45-43-41-39-36-22-20-18-16-14-12-10-8-6-4-2/h6,8,12,14,18,20,36,39,43,45,49,51-52,54,58-60,62-65,67-68,70-72H,3-5,7,9-11,13,15-17,19,21-35,37-38,40-42,44,46-48,50,53,55-57H2,1-2H3,(H,66,69)/b8-6-,14-12-,20-18-,39-36-,45-43-,51-49-,54-52+. The zero-order valence-corrected chi connectivity index (χ0v) is 47.6. The van der Waals surface area contributed by atoms with Gasteiger partial charge in [0.15, 0.2) is 6.29 Å². The first-order valence-electron chi connectivity index (χ1n) is 30.8. The van der Waals surface area contributed by atoms with Gasteiger partial charge in [-0.05, 0) is 57.8 Å². The number of rotatable bonds is 52. The number of carbonyl (C=O) groups excluding carboxylic acids is 1. The van der Waals surface area contributed by atoms with Crippen LogP contribution in [0.1, 0.15) is 264 Å². The van der Waals surface area contributed by atoms with Crippen LogP contribution in [-0.2, 0) is 14.3 Å². The maximum absolute atomic E-state index is 13.0. The summed E-state index contributed by atoms with van der Waals surface area (Å²) in [6, 6.07) is -0.852. The van der Waals surface area contributed by atoms with Crippen molar-refractivity contribution in [2.45, 2.75) is 307 Å². The molecular formula is C65H115NO8. The van der Waals surface area contributed by atoms with Gasteiger partial charge in [-0.2, -0.15) is 0 Å². The van der Waals surface area contributed by atoms with E-state index in [1.165, 1.54) is 180 Å². The van der Waals surface area contributed by atoms with Crippen molar-refractivity contribution in [2.75, 3.05) is 13.2 Å². The fraction of sp³-hybridized carbons (Fsp3) is 0.769. The molecule has 1 saturated heterocycles. The fourth-order valence-corrected chi connectivity index (χ4v) is 9.42. The average Bonchev–Trinajstić information content (AvgIpc) is 3.40. The molecule has 9 nitrogen and oxygen atoms in total. The third-order valence-corrected chi connectivity index (χ3v) is 14.2. The van der Waals surface area contributed by atoms with Crippen LogP contribution in [0.5, 0.6) is 0 Å². The SMILES string of the molecule is CC/C=C\C/C=C\C/C=C\C/C=C\C/C=C\C/C=C\CCC(=O)NC(COC1OC(CO)C(O)C(O)C1O)C(O)/C=C/CCCCCCCCCCCCCCCCCCCCCCCCCCCCCCCC. The second kappa shape index (κ2) is 53.8. The lowest BCUT2D eigenvalue weighted by Crippen LogP contribution is -2.60. The molecule has 1 rings (SSSR count). The number of aliphatic hydroxyl groups is 5. The van der Waals surface area contributed by atoms with Gasteiger partial charge in [-0.15, -0.1) is 0 Å². The quantitative estimate of drug-likeness (QED) is 0.0261. The molecule has 0 aromatic carbocycles. The summed E-state index contributed by atoms with van der Waals surface area (Å²) in [5.74, 6) is -0.259. The van der Waals surface area contributed by atoms with Gasteiger partial charge in [-0.1, -0.05) is 285 Å². The lowest BCUT2D eigenvalue weighted by molar-refractivity contribution is -0.302. The lowest BCUT2D eigenvalue weighted by Gasteiger charge is -2.40. The second-order valence-corrected chi connectivity index (χ2v) is 21.1. The van der Waals surface area contributed by atoms with Crippen molar-refractivity contribution in [1.82, 2.24) is 5.32 Å². The molecule has 1 amide bonds. The van der Waals surface area contributed by atoms with Gasteiger partial charge in [0.1, 0.15) is 24.4 Å². The van der Waals surface area contributed by atoms with Crippen molar-refractivity contribution in [3.63, 3.8) is 0 Å². The van der Waals surface area contributed by atoms with Crippen LogP contribution in [0.3, 0.4) is 0 Å². The molecule has 1 aliphatic heterocycles. The first kappa shape index (κ1) is 69.4. The molecule has 0 aromatic rings. The molecule has 6 N–H and O–H groups in total. The van der Waals surface area contributed by atoms with Crippen LogP contribution in [0.25, 0.3) is 0 Å². The van der Waals surface area contributed by atoms with Gasteiger partial charge in [0.2, 0.25) is 5.91 Å². The monoisotopic (exact) mass is 1040 g/mol. The Hall–Kier alpha value is -2.63. The lowest BCUT2D eigenvalue weighted by atomic mass is 9.99. The van der Waals surface area contributed by atoms with Crippen molar-refractivity contribution in [3.05, 3.63) is 85.1 Å². The molecule has 9 heteroatoms. The molecule has 1 heterocycles. The molecule has 7 unspecified atom stereocenters. The van der Waals surface area contributed by atoms with Gasteiger partial charge in [0.25, 0.3) is 0 Å². The highest BCUT2D eigenvalue weighted by molar-refractivity contribution is 5.76. The minimum absolute atomic E-state index is 0.217. The largest absolute Gasteiger partial charge is 0.394 e. The van der Waals surface area contributed by atoms with E-state index >= 15 is 0 Å². The van der Waals surface area contributed by atoms with Crippen LogP contribution < -0.4 is 5.32 Å². The summed E-state index contributed by atoms with van der Waals surface area (Å²) < 4.78 is 11.2. The molecule has 0 bridgehead atoms. The maximum atomic E-state index is 13.0. The van der Waals surface area contributed by atoms with E-state index < -0.39 is 49.5 Å². The Bertz CT molecular complexity index is 1440. The Balaban J connectivity index is 2.20. The fourth-order valence-electron chi connectivity index (χ4n) is 9.42. The van der Waals surface area contributed by atoms with Crippen molar-refractivity contribution in [3.8, 4) is 0 Å². The smallest absolute Gasteiger partial charge is 0.220 e. The number of carbonyl (C=O) groups is 1. The molecule has 1 aliphatic rings. The summed E-state index contributed by atoms with van der Waals surface area (Å²) in [6.45, 7) is 3.64. The average molecular weight is 1040 g/mol. The minimum atomic E-state index is -1.59. The van der Waals surface area contributed by atoms with Crippen LogP contribution in [0.15, 0.2) is 85.1 Å². The molecule has 0 spiro atoms. The first-order chi connectivity index (χ1) is 36.3. The highest BCUT2D eigenvalue weighted by Gasteiger charge is 2.44. The van der Waals surface area contributed by atoms with Gasteiger partial charge in [0, 0.05) is 6.42 Å². The topological polar surface area (TPSA) is 149 Å². The Morgan fingerprint density at radius 3 is 1.22 bits per heavy atom. The van der Waals surface area contributed by atoms with Crippen LogP contribution in [-0.4, -0.2) is 87.5 Å². The van der Waals surface area contributed by atoms with Gasteiger partial charge in [-0.3, -0.25) is 4.79 Å². The number of ether oxygens (including phenoxy) is 2. The number of hydrogen-bond donors (Lipinski definition) is 6. The third-order valence-electron chi connectivity index (χ3n) is 14.2. The summed E-state index contributed by atoms with van der Waals surface area (Å²) >= 11 is 0. The summed E-state index contributed by atoms with van der Waals surface area (Å²) in [4.78, 5) is 13.0. The van der Waals surface area contributed by atoms with E-state index in [-0.39, 0.29) is 18.9 Å². The van der Waals surface area contributed by atoms with Crippen molar-refractivity contribution in [2.24, 2.45) is 0 Å². The molecule has 1 fully saturated rings. The zero-order valence-electron chi connectivity index (χ0n) is 47.6.